The molecule has 0 radical (unpaired) electrons. The van der Waals surface area contributed by atoms with Crippen LogP contribution in [0.2, 0.25) is 0 Å². The van der Waals surface area contributed by atoms with E-state index in [0.29, 0.717) is 17.9 Å². The Bertz CT molecular complexity index is 407. The minimum Gasteiger partial charge on any atom is -0.491 e. The molecule has 0 aliphatic heterocycles. The van der Waals surface area contributed by atoms with Gasteiger partial charge in [-0.25, -0.2) is 0 Å². The Morgan fingerprint density at radius 2 is 2.18 bits per heavy atom. The lowest BCUT2D eigenvalue weighted by atomic mass is 10.2. The van der Waals surface area contributed by atoms with Gasteiger partial charge in [0, 0.05) is 12.6 Å². The van der Waals surface area contributed by atoms with Crippen molar-refractivity contribution in [3.63, 3.8) is 0 Å². The zero-order valence-corrected chi connectivity index (χ0v) is 10.2. The lowest BCUT2D eigenvalue weighted by Crippen LogP contribution is -2.30. The molecule has 1 aromatic rings. The van der Waals surface area contributed by atoms with Gasteiger partial charge in [-0.2, -0.15) is 5.26 Å². The zero-order valence-electron chi connectivity index (χ0n) is 10.2. The Kier molecular flexibility index (Phi) is 4.00. The molecule has 1 aromatic carbocycles. The van der Waals surface area contributed by atoms with Gasteiger partial charge in [0.25, 0.3) is 0 Å². The predicted molar refractivity (Wildman–Crippen MR) is 66.9 cm³/mol. The van der Waals surface area contributed by atoms with Crippen LogP contribution in [0.5, 0.6) is 5.75 Å². The van der Waals surface area contributed by atoms with Crippen LogP contribution in [-0.4, -0.2) is 30.6 Å². The van der Waals surface area contributed by atoms with Crippen LogP contribution in [0, 0.1) is 11.3 Å². The predicted octanol–water partition coefficient (Wildman–Crippen LogP) is 2.42. The van der Waals surface area contributed by atoms with Crippen LogP contribution in [0.15, 0.2) is 24.3 Å². The molecule has 0 amide bonds. The van der Waals surface area contributed by atoms with Crippen LogP contribution in [0.3, 0.4) is 0 Å². The molecular formula is C14H18N2O. The van der Waals surface area contributed by atoms with Gasteiger partial charge in [-0.05, 0) is 31.5 Å². The SMILES string of the molecule is CCN(CCOc1ccccc1C#N)C1CC1. The molecule has 0 atom stereocenters. The number of rotatable bonds is 6. The second-order valence-electron chi connectivity index (χ2n) is 4.32. The van der Waals surface area contributed by atoms with Gasteiger partial charge in [0.1, 0.15) is 18.4 Å². The summed E-state index contributed by atoms with van der Waals surface area (Å²) in [6.07, 6.45) is 2.64. The quantitative estimate of drug-likeness (QED) is 0.753. The molecule has 17 heavy (non-hydrogen) atoms. The fraction of sp³-hybridized carbons (Fsp3) is 0.500. The largest absolute Gasteiger partial charge is 0.491 e. The molecule has 1 saturated carbocycles. The molecule has 1 fully saturated rings. The first kappa shape index (κ1) is 11.9. The number of benzene rings is 1. The monoisotopic (exact) mass is 230 g/mol. The van der Waals surface area contributed by atoms with E-state index in [1.54, 1.807) is 6.07 Å². The van der Waals surface area contributed by atoms with Gasteiger partial charge >= 0.3 is 0 Å². The summed E-state index contributed by atoms with van der Waals surface area (Å²) in [5, 5.41) is 8.93. The summed E-state index contributed by atoms with van der Waals surface area (Å²) in [5.41, 5.74) is 0.613. The van der Waals surface area contributed by atoms with Gasteiger partial charge in [-0.15, -0.1) is 0 Å². The summed E-state index contributed by atoms with van der Waals surface area (Å²) in [5.74, 6) is 0.696. The molecule has 2 rings (SSSR count). The van der Waals surface area contributed by atoms with Crippen LogP contribution in [0.1, 0.15) is 25.3 Å². The van der Waals surface area contributed by atoms with Crippen molar-refractivity contribution in [2.24, 2.45) is 0 Å². The molecular weight excluding hydrogens is 212 g/mol. The number of likely N-dealkylation sites (N-methyl/N-ethyl adjacent to an activating group) is 1. The van der Waals surface area contributed by atoms with Crippen LogP contribution >= 0.6 is 0 Å². The summed E-state index contributed by atoms with van der Waals surface area (Å²) in [4.78, 5) is 2.44. The average Bonchev–Trinajstić information content (AvgIpc) is 3.19. The van der Waals surface area contributed by atoms with Gasteiger partial charge in [0.2, 0.25) is 0 Å². The van der Waals surface area contributed by atoms with Crippen LogP contribution in [0.25, 0.3) is 0 Å². The minimum atomic E-state index is 0.613. The van der Waals surface area contributed by atoms with Crippen molar-refractivity contribution in [1.82, 2.24) is 4.90 Å². The van der Waals surface area contributed by atoms with Gasteiger partial charge in [-0.3, -0.25) is 4.90 Å². The average molecular weight is 230 g/mol. The van der Waals surface area contributed by atoms with Crippen molar-refractivity contribution in [3.05, 3.63) is 29.8 Å². The molecule has 90 valence electrons. The lowest BCUT2D eigenvalue weighted by molar-refractivity contribution is 0.209. The highest BCUT2D eigenvalue weighted by atomic mass is 16.5. The fourth-order valence-corrected chi connectivity index (χ4v) is 2.00. The van der Waals surface area contributed by atoms with E-state index in [4.69, 9.17) is 10.00 Å². The first-order valence-corrected chi connectivity index (χ1v) is 6.21. The highest BCUT2D eigenvalue weighted by Gasteiger charge is 2.27. The van der Waals surface area contributed by atoms with E-state index in [9.17, 15) is 0 Å². The molecule has 0 unspecified atom stereocenters. The Balaban J connectivity index is 1.83. The number of hydrogen-bond donors (Lipinski definition) is 0. The van der Waals surface area contributed by atoms with Gasteiger partial charge in [0.15, 0.2) is 0 Å². The van der Waals surface area contributed by atoms with E-state index in [0.717, 1.165) is 19.1 Å². The number of hydrogen-bond acceptors (Lipinski definition) is 3. The Labute approximate surface area is 103 Å². The standard InChI is InChI=1S/C14H18N2O/c1-2-16(13-7-8-13)9-10-17-14-6-4-3-5-12(14)11-15/h3-6,13H,2,7-10H2,1H3. The van der Waals surface area contributed by atoms with Crippen LogP contribution in [-0.2, 0) is 0 Å². The lowest BCUT2D eigenvalue weighted by Gasteiger charge is -2.19. The number of nitrogens with zero attached hydrogens (tertiary/aromatic N) is 2. The minimum absolute atomic E-state index is 0.613. The summed E-state index contributed by atoms with van der Waals surface area (Å²) >= 11 is 0. The Hall–Kier alpha value is -1.53. The molecule has 3 nitrogen and oxygen atoms in total. The second-order valence-corrected chi connectivity index (χ2v) is 4.32. The van der Waals surface area contributed by atoms with E-state index in [1.807, 2.05) is 18.2 Å². The van der Waals surface area contributed by atoms with Crippen molar-refractivity contribution < 1.29 is 4.74 Å². The van der Waals surface area contributed by atoms with Gasteiger partial charge in [0.05, 0.1) is 5.56 Å². The Morgan fingerprint density at radius 1 is 1.41 bits per heavy atom. The van der Waals surface area contributed by atoms with E-state index in [-0.39, 0.29) is 0 Å². The normalized spacial score (nSPS) is 14.6. The van der Waals surface area contributed by atoms with E-state index in [1.165, 1.54) is 12.8 Å². The first-order chi connectivity index (χ1) is 8.35. The number of ether oxygens (including phenoxy) is 1. The molecule has 0 bridgehead atoms. The molecule has 0 spiro atoms. The highest BCUT2D eigenvalue weighted by molar-refractivity contribution is 5.42. The maximum Gasteiger partial charge on any atom is 0.137 e. The Morgan fingerprint density at radius 3 is 2.82 bits per heavy atom. The fourth-order valence-electron chi connectivity index (χ4n) is 2.00. The summed E-state index contributed by atoms with van der Waals surface area (Å²) < 4.78 is 5.67. The van der Waals surface area contributed by atoms with Crippen molar-refractivity contribution in [2.45, 2.75) is 25.8 Å². The summed E-state index contributed by atoms with van der Waals surface area (Å²) in [7, 11) is 0. The van der Waals surface area contributed by atoms with E-state index >= 15 is 0 Å². The molecule has 0 saturated heterocycles. The van der Waals surface area contributed by atoms with Gasteiger partial charge < -0.3 is 4.74 Å². The molecule has 0 N–H and O–H groups in total. The third-order valence-electron chi connectivity index (χ3n) is 3.11. The van der Waals surface area contributed by atoms with Crippen molar-refractivity contribution in [2.75, 3.05) is 19.7 Å². The molecule has 0 heterocycles. The molecule has 3 heteroatoms. The summed E-state index contributed by atoms with van der Waals surface area (Å²) in [6.45, 7) is 4.86. The van der Waals surface area contributed by atoms with Crippen molar-refractivity contribution in [1.29, 1.82) is 5.26 Å². The third kappa shape index (κ3) is 3.21. The number of nitriles is 1. The zero-order chi connectivity index (χ0) is 12.1. The molecule has 0 aromatic heterocycles. The maximum atomic E-state index is 8.93. The van der Waals surface area contributed by atoms with Crippen molar-refractivity contribution in [3.8, 4) is 11.8 Å². The van der Waals surface area contributed by atoms with Crippen molar-refractivity contribution >= 4 is 0 Å². The second kappa shape index (κ2) is 5.70. The first-order valence-electron chi connectivity index (χ1n) is 6.21. The number of para-hydroxylation sites is 1. The smallest absolute Gasteiger partial charge is 0.137 e. The topological polar surface area (TPSA) is 36.3 Å². The molecule has 1 aliphatic rings. The maximum absolute atomic E-state index is 8.93. The summed E-state index contributed by atoms with van der Waals surface area (Å²) in [6, 6.07) is 10.3. The third-order valence-corrected chi connectivity index (χ3v) is 3.11. The van der Waals surface area contributed by atoms with E-state index in [2.05, 4.69) is 17.9 Å². The van der Waals surface area contributed by atoms with Crippen LogP contribution in [0.4, 0.5) is 0 Å². The van der Waals surface area contributed by atoms with E-state index < -0.39 is 0 Å². The highest BCUT2D eigenvalue weighted by Crippen LogP contribution is 2.26. The van der Waals surface area contributed by atoms with Crippen LogP contribution < -0.4 is 4.74 Å². The van der Waals surface area contributed by atoms with Gasteiger partial charge in [-0.1, -0.05) is 19.1 Å². The molecule has 1 aliphatic carbocycles.